The molecule has 0 spiro atoms. The molecule has 4 aromatic rings. The van der Waals surface area contributed by atoms with Crippen molar-refractivity contribution in [3.63, 3.8) is 0 Å². The monoisotopic (exact) mass is 440 g/mol. The topological polar surface area (TPSA) is 77.5 Å². The molecule has 0 bridgehead atoms. The van der Waals surface area contributed by atoms with Gasteiger partial charge in [-0.25, -0.2) is 9.37 Å². The Hall–Kier alpha value is -4.09. The quantitative estimate of drug-likeness (QED) is 0.488. The van der Waals surface area contributed by atoms with Gasteiger partial charge in [0.2, 0.25) is 0 Å². The van der Waals surface area contributed by atoms with Crippen molar-refractivity contribution in [2.24, 2.45) is 0 Å². The smallest absolute Gasteiger partial charge is 0.253 e. The highest BCUT2D eigenvalue weighted by molar-refractivity contribution is 5.94. The van der Waals surface area contributed by atoms with Crippen molar-refractivity contribution in [3.05, 3.63) is 78.0 Å². The summed E-state index contributed by atoms with van der Waals surface area (Å²) in [6, 6.07) is 13.7. The van der Waals surface area contributed by atoms with Crippen LogP contribution in [0.5, 0.6) is 0 Å². The summed E-state index contributed by atoms with van der Waals surface area (Å²) in [4.78, 5) is 25.7. The normalized spacial score (nSPS) is 14.4. The number of imidazole rings is 1. The molecule has 7 nitrogen and oxygen atoms in total. The highest BCUT2D eigenvalue weighted by Gasteiger charge is 2.20. The molecule has 3 heterocycles. The van der Waals surface area contributed by atoms with E-state index in [0.717, 1.165) is 31.7 Å². The molecule has 0 aliphatic carbocycles. The summed E-state index contributed by atoms with van der Waals surface area (Å²) in [5, 5.41) is 8.99. The zero-order valence-corrected chi connectivity index (χ0v) is 18.1. The zero-order chi connectivity index (χ0) is 22.9. The highest BCUT2D eigenvalue weighted by atomic mass is 19.1. The first-order chi connectivity index (χ1) is 16.0. The predicted octanol–water partition coefficient (Wildman–Crippen LogP) is 3.46. The van der Waals surface area contributed by atoms with Crippen LogP contribution in [0.3, 0.4) is 0 Å². The highest BCUT2D eigenvalue weighted by Crippen LogP contribution is 2.26. The van der Waals surface area contributed by atoms with Gasteiger partial charge >= 0.3 is 0 Å². The fraction of sp³-hybridized carbons (Fsp3) is 0.200. The number of hydrogen-bond acceptors (Lipinski definition) is 5. The number of amides is 1. The lowest BCUT2D eigenvalue weighted by Crippen LogP contribution is -2.47. The van der Waals surface area contributed by atoms with Crippen LogP contribution >= 0.6 is 0 Å². The van der Waals surface area contributed by atoms with Gasteiger partial charge in [0, 0.05) is 49.1 Å². The number of fused-ring (bicyclic) bond motifs is 1. The van der Waals surface area contributed by atoms with Gasteiger partial charge in [-0.15, -0.1) is 0 Å². The van der Waals surface area contributed by atoms with Crippen molar-refractivity contribution in [1.29, 1.82) is 5.26 Å². The van der Waals surface area contributed by atoms with Crippen molar-refractivity contribution in [2.45, 2.75) is 0 Å². The summed E-state index contributed by atoms with van der Waals surface area (Å²) in [5.74, 6) is -0.452. The lowest BCUT2D eigenvalue weighted by molar-refractivity contribution is 0.0664. The molecule has 0 saturated carbocycles. The number of piperazine rings is 1. The minimum absolute atomic E-state index is 0.0336. The molecule has 2 aromatic heterocycles. The van der Waals surface area contributed by atoms with Gasteiger partial charge in [-0.3, -0.25) is 14.2 Å². The third-order valence-electron chi connectivity index (χ3n) is 5.99. The van der Waals surface area contributed by atoms with Crippen molar-refractivity contribution in [1.82, 2.24) is 24.2 Å². The first-order valence-electron chi connectivity index (χ1n) is 10.6. The summed E-state index contributed by atoms with van der Waals surface area (Å²) in [6.07, 6.45) is 5.01. The Kier molecular flexibility index (Phi) is 5.32. The fourth-order valence-corrected chi connectivity index (χ4v) is 4.01. The average molecular weight is 440 g/mol. The second-order valence-corrected chi connectivity index (χ2v) is 8.12. The summed E-state index contributed by atoms with van der Waals surface area (Å²) in [6.45, 7) is 3.21. The molecule has 2 aromatic carbocycles. The van der Waals surface area contributed by atoms with Crippen molar-refractivity contribution < 1.29 is 9.18 Å². The molecule has 0 atom stereocenters. The Bertz CT molecular complexity index is 1380. The number of carbonyl (C=O) groups is 1. The summed E-state index contributed by atoms with van der Waals surface area (Å²) in [7, 11) is 2.06. The number of benzene rings is 2. The number of hydrogen-bond donors (Lipinski definition) is 0. The molecule has 1 amide bonds. The van der Waals surface area contributed by atoms with E-state index in [9.17, 15) is 9.18 Å². The number of nitrogens with zero attached hydrogens (tertiary/aromatic N) is 6. The number of halogens is 1. The Morgan fingerprint density at radius 2 is 1.79 bits per heavy atom. The largest absolute Gasteiger partial charge is 0.336 e. The van der Waals surface area contributed by atoms with E-state index in [1.54, 1.807) is 35.1 Å². The van der Waals surface area contributed by atoms with Crippen LogP contribution in [-0.2, 0) is 0 Å². The first kappa shape index (κ1) is 20.8. The van der Waals surface area contributed by atoms with Gasteiger partial charge in [0.1, 0.15) is 5.82 Å². The third-order valence-corrected chi connectivity index (χ3v) is 5.99. The number of rotatable bonds is 3. The molecular formula is C25H21FN6O. The lowest BCUT2D eigenvalue weighted by atomic mass is 10.1. The lowest BCUT2D eigenvalue weighted by Gasteiger charge is -2.32. The number of nitriles is 1. The Morgan fingerprint density at radius 1 is 1.03 bits per heavy atom. The van der Waals surface area contributed by atoms with Crippen LogP contribution in [0.4, 0.5) is 4.39 Å². The van der Waals surface area contributed by atoms with Gasteiger partial charge in [0.05, 0.1) is 35.4 Å². The summed E-state index contributed by atoms with van der Waals surface area (Å²) < 4.78 is 16.4. The molecule has 164 valence electrons. The average Bonchev–Trinajstić information content (AvgIpc) is 3.27. The molecular weight excluding hydrogens is 419 g/mol. The molecule has 1 fully saturated rings. The predicted molar refractivity (Wildman–Crippen MR) is 122 cm³/mol. The Labute approximate surface area is 190 Å². The van der Waals surface area contributed by atoms with Crippen LogP contribution in [0.25, 0.3) is 28.2 Å². The van der Waals surface area contributed by atoms with Crippen LogP contribution in [0.15, 0.2) is 61.1 Å². The standard InChI is InChI=1S/C25H21FN6O/c1-30-8-10-31(11-9-30)25(33)19-5-3-18(4-6-19)22-16-32-23(14-29-24(32)15-28-22)20-7-2-17(13-27)12-21(20)26/h2-7,12,14-16H,8-11H2,1H3. The van der Waals surface area contributed by atoms with Gasteiger partial charge in [0.15, 0.2) is 5.65 Å². The molecule has 1 aliphatic heterocycles. The third kappa shape index (κ3) is 3.95. The van der Waals surface area contributed by atoms with Crippen molar-refractivity contribution in [2.75, 3.05) is 33.2 Å². The van der Waals surface area contributed by atoms with E-state index in [-0.39, 0.29) is 11.5 Å². The maximum Gasteiger partial charge on any atom is 0.253 e. The van der Waals surface area contributed by atoms with E-state index in [0.29, 0.717) is 28.2 Å². The maximum absolute atomic E-state index is 14.6. The van der Waals surface area contributed by atoms with Crippen LogP contribution in [-0.4, -0.2) is 63.3 Å². The van der Waals surface area contributed by atoms with Gasteiger partial charge < -0.3 is 9.80 Å². The first-order valence-corrected chi connectivity index (χ1v) is 10.6. The van der Waals surface area contributed by atoms with Crippen LogP contribution < -0.4 is 0 Å². The molecule has 1 saturated heterocycles. The Morgan fingerprint density at radius 3 is 2.48 bits per heavy atom. The van der Waals surface area contributed by atoms with E-state index in [1.165, 1.54) is 6.07 Å². The SMILES string of the molecule is CN1CCN(C(=O)c2ccc(-c3cn4c(-c5ccc(C#N)cc5F)cnc4cn3)cc2)CC1. The van der Waals surface area contributed by atoms with Crippen LogP contribution in [0.1, 0.15) is 15.9 Å². The van der Waals surface area contributed by atoms with E-state index < -0.39 is 5.82 Å². The number of aromatic nitrogens is 3. The molecule has 0 N–H and O–H groups in total. The van der Waals surface area contributed by atoms with E-state index in [4.69, 9.17) is 5.26 Å². The fourth-order valence-electron chi connectivity index (χ4n) is 4.01. The van der Waals surface area contributed by atoms with Gasteiger partial charge in [0.25, 0.3) is 5.91 Å². The molecule has 8 heteroatoms. The second kappa shape index (κ2) is 8.45. The van der Waals surface area contributed by atoms with Gasteiger partial charge in [-0.2, -0.15) is 5.26 Å². The van der Waals surface area contributed by atoms with Crippen LogP contribution in [0.2, 0.25) is 0 Å². The summed E-state index contributed by atoms with van der Waals surface area (Å²) in [5.41, 5.74) is 3.93. The van der Waals surface area contributed by atoms with Crippen molar-refractivity contribution in [3.8, 4) is 28.6 Å². The molecule has 33 heavy (non-hydrogen) atoms. The van der Waals surface area contributed by atoms with Crippen LogP contribution in [0, 0.1) is 17.1 Å². The van der Waals surface area contributed by atoms with E-state index >= 15 is 0 Å². The van der Waals surface area contributed by atoms with Gasteiger partial charge in [-0.05, 0) is 37.4 Å². The molecule has 5 rings (SSSR count). The van der Waals surface area contributed by atoms with Crippen molar-refractivity contribution >= 4 is 11.6 Å². The number of carbonyl (C=O) groups excluding carboxylic acids is 1. The summed E-state index contributed by atoms with van der Waals surface area (Å²) >= 11 is 0. The minimum atomic E-state index is -0.485. The Balaban J connectivity index is 1.44. The number of likely N-dealkylation sites (N-methyl/N-ethyl adjacent to an activating group) is 1. The molecule has 0 unspecified atom stereocenters. The maximum atomic E-state index is 14.6. The minimum Gasteiger partial charge on any atom is -0.336 e. The zero-order valence-electron chi connectivity index (χ0n) is 18.1. The van der Waals surface area contributed by atoms with E-state index in [1.807, 2.05) is 35.2 Å². The van der Waals surface area contributed by atoms with Gasteiger partial charge in [-0.1, -0.05) is 12.1 Å². The van der Waals surface area contributed by atoms with E-state index in [2.05, 4.69) is 21.9 Å². The second-order valence-electron chi connectivity index (χ2n) is 8.12. The molecule has 0 radical (unpaired) electrons. The molecule has 1 aliphatic rings.